The first-order chi connectivity index (χ1) is 40.0. The Bertz CT molecular complexity index is 1490. The largest absolute Gasteiger partial charge is 0.462 e. The van der Waals surface area contributed by atoms with E-state index in [4.69, 9.17) is 14.2 Å². The summed E-state index contributed by atoms with van der Waals surface area (Å²) < 4.78 is 16.9. The molecule has 81 heavy (non-hydrogen) atoms. The van der Waals surface area contributed by atoms with Gasteiger partial charge < -0.3 is 14.2 Å². The number of hydrogen-bond acceptors (Lipinski definition) is 6. The van der Waals surface area contributed by atoms with E-state index in [9.17, 15) is 14.4 Å². The Labute approximate surface area is 503 Å². The van der Waals surface area contributed by atoms with Crippen molar-refractivity contribution in [2.24, 2.45) is 0 Å². The summed E-state index contributed by atoms with van der Waals surface area (Å²) in [6.07, 6.45) is 90.9. The molecule has 0 aliphatic carbocycles. The van der Waals surface area contributed by atoms with Crippen LogP contribution in [0.5, 0.6) is 0 Å². The van der Waals surface area contributed by atoms with Crippen LogP contribution in [0.4, 0.5) is 0 Å². The van der Waals surface area contributed by atoms with Gasteiger partial charge in [-0.05, 0) is 109 Å². The number of hydrogen-bond donors (Lipinski definition) is 0. The Kier molecular flexibility index (Phi) is 66.6. The summed E-state index contributed by atoms with van der Waals surface area (Å²) in [6.45, 7) is 6.54. The van der Waals surface area contributed by atoms with E-state index in [0.29, 0.717) is 19.3 Å². The van der Waals surface area contributed by atoms with E-state index in [-0.39, 0.29) is 31.1 Å². The molecule has 470 valence electrons. The van der Waals surface area contributed by atoms with Crippen LogP contribution in [0, 0.1) is 0 Å². The van der Waals surface area contributed by atoms with Gasteiger partial charge in [-0.3, -0.25) is 14.4 Å². The highest BCUT2D eigenvalue weighted by Crippen LogP contribution is 2.18. The second-order valence-electron chi connectivity index (χ2n) is 23.8. The van der Waals surface area contributed by atoms with Crippen LogP contribution in [-0.4, -0.2) is 37.2 Å². The predicted octanol–water partition coefficient (Wildman–Crippen LogP) is 24.4. The maximum Gasteiger partial charge on any atom is 0.306 e. The first-order valence-electron chi connectivity index (χ1n) is 35.4. The molecule has 0 aliphatic rings. The molecule has 1 unspecified atom stereocenters. The van der Waals surface area contributed by atoms with Crippen LogP contribution in [0.25, 0.3) is 0 Å². The zero-order chi connectivity index (χ0) is 58.5. The Hall–Kier alpha value is -3.15. The molecular formula is C75H134O6. The molecule has 0 aliphatic heterocycles. The highest BCUT2D eigenvalue weighted by Gasteiger charge is 2.19. The summed E-state index contributed by atoms with van der Waals surface area (Å²) in [5.74, 6) is -0.873. The fourth-order valence-electron chi connectivity index (χ4n) is 10.4. The number of ether oxygens (including phenoxy) is 3. The minimum absolute atomic E-state index is 0.0761. The number of esters is 3. The Morgan fingerprint density at radius 3 is 0.765 bits per heavy atom. The van der Waals surface area contributed by atoms with Crippen LogP contribution >= 0.6 is 0 Å². The highest BCUT2D eigenvalue weighted by molar-refractivity contribution is 5.71. The molecule has 0 spiro atoms. The molecule has 0 fully saturated rings. The van der Waals surface area contributed by atoms with Crippen LogP contribution in [0.2, 0.25) is 0 Å². The average molecular weight is 1130 g/mol. The van der Waals surface area contributed by atoms with E-state index >= 15 is 0 Å². The van der Waals surface area contributed by atoms with Gasteiger partial charge in [-0.25, -0.2) is 0 Å². The van der Waals surface area contributed by atoms with Gasteiger partial charge in [0, 0.05) is 19.3 Å². The van der Waals surface area contributed by atoms with E-state index in [0.717, 1.165) is 96.3 Å². The number of unbranched alkanes of at least 4 members (excludes halogenated alkanes) is 42. The molecule has 0 aromatic heterocycles. The van der Waals surface area contributed by atoms with Crippen LogP contribution in [0.15, 0.2) is 72.9 Å². The molecular weight excluding hydrogens is 997 g/mol. The average Bonchev–Trinajstić information content (AvgIpc) is 3.47. The molecule has 0 aromatic carbocycles. The van der Waals surface area contributed by atoms with E-state index in [2.05, 4.69) is 93.7 Å². The third-order valence-corrected chi connectivity index (χ3v) is 15.7. The summed E-state index contributed by atoms with van der Waals surface area (Å²) in [6, 6.07) is 0. The van der Waals surface area contributed by atoms with Crippen molar-refractivity contribution in [3.8, 4) is 0 Å². The van der Waals surface area contributed by atoms with Crippen LogP contribution < -0.4 is 0 Å². The Morgan fingerprint density at radius 2 is 0.481 bits per heavy atom. The predicted molar refractivity (Wildman–Crippen MR) is 353 cm³/mol. The lowest BCUT2D eigenvalue weighted by Crippen LogP contribution is -2.30. The van der Waals surface area contributed by atoms with E-state index in [1.165, 1.54) is 231 Å². The summed E-state index contributed by atoms with van der Waals surface area (Å²) in [4.78, 5) is 38.3. The van der Waals surface area contributed by atoms with Gasteiger partial charge in [0.2, 0.25) is 0 Å². The highest BCUT2D eigenvalue weighted by atomic mass is 16.6. The lowest BCUT2D eigenvalue weighted by atomic mass is 10.0. The van der Waals surface area contributed by atoms with Crippen molar-refractivity contribution >= 4 is 17.9 Å². The van der Waals surface area contributed by atoms with Crippen LogP contribution in [0.3, 0.4) is 0 Å². The van der Waals surface area contributed by atoms with Crippen molar-refractivity contribution in [1.82, 2.24) is 0 Å². The molecule has 0 bridgehead atoms. The van der Waals surface area contributed by atoms with Crippen molar-refractivity contribution in [2.45, 2.75) is 374 Å². The zero-order valence-corrected chi connectivity index (χ0v) is 54.1. The van der Waals surface area contributed by atoms with Gasteiger partial charge in [-0.2, -0.15) is 0 Å². The molecule has 0 N–H and O–H groups in total. The topological polar surface area (TPSA) is 78.9 Å². The SMILES string of the molecule is CC/C=C\C/C=C\C/C=C\C/C=C\CCCCCCCCCCCCCCCCCCCCCCCCC(=O)OCC(COC(=O)CCCCCCC/C=C\CCCCCCC)OC(=O)CCCCCCC/C=C\CCCCCCC. The van der Waals surface area contributed by atoms with Crippen LogP contribution in [0.1, 0.15) is 367 Å². The lowest BCUT2D eigenvalue weighted by molar-refractivity contribution is -0.167. The Balaban J connectivity index is 4.08. The van der Waals surface area contributed by atoms with E-state index < -0.39 is 6.10 Å². The molecule has 0 saturated carbocycles. The van der Waals surface area contributed by atoms with Gasteiger partial charge in [-0.15, -0.1) is 0 Å². The third-order valence-electron chi connectivity index (χ3n) is 15.7. The molecule has 0 amide bonds. The second kappa shape index (κ2) is 69.3. The first-order valence-corrected chi connectivity index (χ1v) is 35.4. The molecule has 0 radical (unpaired) electrons. The van der Waals surface area contributed by atoms with Crippen molar-refractivity contribution < 1.29 is 28.6 Å². The van der Waals surface area contributed by atoms with Crippen LogP contribution in [-0.2, 0) is 28.6 Å². The zero-order valence-electron chi connectivity index (χ0n) is 54.1. The van der Waals surface area contributed by atoms with Crippen molar-refractivity contribution in [2.75, 3.05) is 13.2 Å². The van der Waals surface area contributed by atoms with Gasteiger partial charge >= 0.3 is 17.9 Å². The van der Waals surface area contributed by atoms with Gasteiger partial charge in [0.1, 0.15) is 13.2 Å². The monoisotopic (exact) mass is 1130 g/mol. The summed E-state index contributed by atoms with van der Waals surface area (Å²) in [5.41, 5.74) is 0. The maximum atomic E-state index is 12.9. The number of carbonyl (C=O) groups excluding carboxylic acids is 3. The minimum atomic E-state index is -0.780. The number of allylic oxidation sites excluding steroid dienone is 12. The molecule has 1 atom stereocenters. The Morgan fingerprint density at radius 1 is 0.259 bits per heavy atom. The first kappa shape index (κ1) is 77.9. The molecule has 0 saturated heterocycles. The number of rotatable bonds is 65. The second-order valence-corrected chi connectivity index (χ2v) is 23.8. The third kappa shape index (κ3) is 67.5. The van der Waals surface area contributed by atoms with Crippen molar-refractivity contribution in [3.63, 3.8) is 0 Å². The van der Waals surface area contributed by atoms with Crippen molar-refractivity contribution in [3.05, 3.63) is 72.9 Å². The standard InChI is InChI=1S/C75H134O6/c1-4-7-10-13-16-19-22-25-28-29-30-31-32-33-34-35-36-37-38-39-40-41-42-43-44-45-46-47-48-51-53-56-59-62-65-68-74(77)80-71-72(81-75(78)69-66-63-60-57-54-50-27-24-21-18-15-12-9-6-3)70-79-73(76)67-64-61-58-55-52-49-26-23-20-17-14-11-8-5-2/h7,10,16,19,23-28,30-31,72H,4-6,8-9,11-15,17-18,20-22,29,32-71H2,1-3H3/b10-7-,19-16-,26-23-,27-24-,28-25-,31-30-. The fraction of sp³-hybridized carbons (Fsp3) is 0.800. The van der Waals surface area contributed by atoms with Gasteiger partial charge in [0.15, 0.2) is 6.10 Å². The van der Waals surface area contributed by atoms with Crippen molar-refractivity contribution in [1.29, 1.82) is 0 Å². The minimum Gasteiger partial charge on any atom is -0.462 e. The molecule has 0 aromatic rings. The summed E-state index contributed by atoms with van der Waals surface area (Å²) in [5, 5.41) is 0. The molecule has 6 heteroatoms. The van der Waals surface area contributed by atoms with E-state index in [1.54, 1.807) is 0 Å². The molecule has 0 heterocycles. The fourth-order valence-corrected chi connectivity index (χ4v) is 10.4. The quantitative estimate of drug-likeness (QED) is 0.0261. The van der Waals surface area contributed by atoms with Gasteiger partial charge in [-0.1, -0.05) is 312 Å². The number of carbonyl (C=O) groups is 3. The van der Waals surface area contributed by atoms with Gasteiger partial charge in [0.05, 0.1) is 0 Å². The maximum absolute atomic E-state index is 12.9. The lowest BCUT2D eigenvalue weighted by Gasteiger charge is -2.18. The normalized spacial score (nSPS) is 12.5. The summed E-state index contributed by atoms with van der Waals surface area (Å²) >= 11 is 0. The molecule has 0 rings (SSSR count). The van der Waals surface area contributed by atoms with E-state index in [1.807, 2.05) is 0 Å². The summed E-state index contributed by atoms with van der Waals surface area (Å²) in [7, 11) is 0. The smallest absolute Gasteiger partial charge is 0.306 e. The molecule has 6 nitrogen and oxygen atoms in total. The van der Waals surface area contributed by atoms with Gasteiger partial charge in [0.25, 0.3) is 0 Å².